The third-order valence-electron chi connectivity index (χ3n) is 3.86. The van der Waals surface area contributed by atoms with Crippen LogP contribution in [0.4, 0.5) is 0 Å². The number of benzene rings is 1. The summed E-state index contributed by atoms with van der Waals surface area (Å²) in [6.45, 7) is 0. The molecule has 8 heteroatoms. The van der Waals surface area contributed by atoms with E-state index >= 15 is 0 Å². The van der Waals surface area contributed by atoms with Crippen LogP contribution in [-0.2, 0) is 12.8 Å². The molecule has 0 bridgehead atoms. The molecule has 0 saturated carbocycles. The number of hydrogen-bond donors (Lipinski definition) is 0. The molecule has 26 heavy (non-hydrogen) atoms. The molecule has 0 aliphatic heterocycles. The number of methoxy groups -OCH3 is 1. The Kier molecular flexibility index (Phi) is 4.77. The highest BCUT2D eigenvalue weighted by molar-refractivity contribution is 7.98. The lowest BCUT2D eigenvalue weighted by molar-refractivity contribution is 0.415. The van der Waals surface area contributed by atoms with E-state index in [4.69, 9.17) is 9.26 Å². The Hall–Kier alpha value is -2.58. The summed E-state index contributed by atoms with van der Waals surface area (Å²) in [4.78, 5) is 1.08. The van der Waals surface area contributed by atoms with Crippen LogP contribution < -0.4 is 4.74 Å². The average molecular weight is 384 g/mol. The van der Waals surface area contributed by atoms with Crippen LogP contribution >= 0.6 is 23.1 Å². The quantitative estimate of drug-likeness (QED) is 0.456. The second-order valence-corrected chi connectivity index (χ2v) is 7.43. The van der Waals surface area contributed by atoms with Crippen molar-refractivity contribution in [2.24, 2.45) is 7.05 Å². The fourth-order valence-corrected chi connectivity index (χ4v) is 3.95. The molecule has 3 heterocycles. The topological polar surface area (TPSA) is 66.0 Å². The lowest BCUT2D eigenvalue weighted by Crippen LogP contribution is -1.95. The Morgan fingerprint density at radius 3 is 2.77 bits per heavy atom. The monoisotopic (exact) mass is 384 g/mol. The molecule has 0 aliphatic carbocycles. The summed E-state index contributed by atoms with van der Waals surface area (Å²) in [5, 5.41) is 15.6. The fraction of sp³-hybridized carbons (Fsp3) is 0.167. The van der Waals surface area contributed by atoms with Gasteiger partial charge in [-0.1, -0.05) is 23.0 Å². The first-order valence-corrected chi connectivity index (χ1v) is 9.77. The minimum Gasteiger partial charge on any atom is -0.497 e. The smallest absolute Gasteiger partial charge is 0.191 e. The van der Waals surface area contributed by atoms with Gasteiger partial charge in [-0.15, -0.1) is 21.5 Å². The van der Waals surface area contributed by atoms with E-state index in [0.29, 0.717) is 5.75 Å². The van der Waals surface area contributed by atoms with E-state index < -0.39 is 0 Å². The summed E-state index contributed by atoms with van der Waals surface area (Å²) >= 11 is 3.21. The van der Waals surface area contributed by atoms with Gasteiger partial charge in [0.2, 0.25) is 0 Å². The van der Waals surface area contributed by atoms with Crippen molar-refractivity contribution >= 4 is 23.1 Å². The maximum atomic E-state index is 5.42. The third kappa shape index (κ3) is 3.38. The summed E-state index contributed by atoms with van der Waals surface area (Å²) in [5.41, 5.74) is 1.88. The summed E-state index contributed by atoms with van der Waals surface area (Å²) in [6, 6.07) is 13.8. The molecule has 0 amide bonds. The summed E-state index contributed by atoms with van der Waals surface area (Å²) in [6.07, 6.45) is 0. The van der Waals surface area contributed by atoms with Crippen molar-refractivity contribution in [1.29, 1.82) is 0 Å². The van der Waals surface area contributed by atoms with E-state index in [9.17, 15) is 0 Å². The van der Waals surface area contributed by atoms with Gasteiger partial charge in [-0.2, -0.15) is 0 Å². The largest absolute Gasteiger partial charge is 0.497 e. The van der Waals surface area contributed by atoms with Crippen molar-refractivity contribution in [2.45, 2.75) is 10.9 Å². The molecule has 3 aromatic heterocycles. The first kappa shape index (κ1) is 16.9. The van der Waals surface area contributed by atoms with Gasteiger partial charge in [0, 0.05) is 24.4 Å². The highest BCUT2D eigenvalue weighted by Gasteiger charge is 2.13. The van der Waals surface area contributed by atoms with Crippen LogP contribution in [0.1, 0.15) is 5.69 Å². The number of thioether (sulfide) groups is 1. The SMILES string of the molecule is COc1ccc(-c2nnc(SCc3cc(-c4cccs4)on3)n2C)cc1. The number of thiophene rings is 1. The summed E-state index contributed by atoms with van der Waals surface area (Å²) < 4.78 is 12.6. The van der Waals surface area contributed by atoms with Crippen LogP contribution in [-0.4, -0.2) is 27.0 Å². The molecule has 0 spiro atoms. The molecule has 6 nitrogen and oxygen atoms in total. The Bertz CT molecular complexity index is 991. The highest BCUT2D eigenvalue weighted by Crippen LogP contribution is 2.29. The molecule has 0 fully saturated rings. The van der Waals surface area contributed by atoms with Gasteiger partial charge in [0.1, 0.15) is 5.75 Å². The van der Waals surface area contributed by atoms with Crippen LogP contribution in [0.15, 0.2) is 57.5 Å². The number of aromatic nitrogens is 4. The van der Waals surface area contributed by atoms with Gasteiger partial charge in [0.25, 0.3) is 0 Å². The Morgan fingerprint density at radius 2 is 2.04 bits per heavy atom. The minimum atomic E-state index is 0.670. The fourth-order valence-electron chi connectivity index (χ4n) is 2.49. The Balaban J connectivity index is 1.46. The van der Waals surface area contributed by atoms with Crippen molar-refractivity contribution in [3.05, 3.63) is 53.5 Å². The first-order chi connectivity index (χ1) is 12.7. The summed E-state index contributed by atoms with van der Waals surface area (Å²) in [5.74, 6) is 3.10. The molecule has 4 rings (SSSR count). The lowest BCUT2D eigenvalue weighted by atomic mass is 10.2. The Labute approximate surface area is 158 Å². The van der Waals surface area contributed by atoms with E-state index in [1.165, 1.54) is 0 Å². The van der Waals surface area contributed by atoms with Gasteiger partial charge in [-0.3, -0.25) is 0 Å². The average Bonchev–Trinajstić information content (AvgIpc) is 3.41. The molecule has 0 unspecified atom stereocenters. The van der Waals surface area contributed by atoms with E-state index in [2.05, 4.69) is 15.4 Å². The van der Waals surface area contributed by atoms with Crippen molar-refractivity contribution in [3.8, 4) is 27.8 Å². The van der Waals surface area contributed by atoms with E-state index in [1.807, 2.05) is 59.5 Å². The number of nitrogens with zero attached hydrogens (tertiary/aromatic N) is 4. The maximum Gasteiger partial charge on any atom is 0.191 e. The predicted molar refractivity (Wildman–Crippen MR) is 102 cm³/mol. The van der Waals surface area contributed by atoms with Gasteiger partial charge in [0.05, 0.1) is 17.7 Å². The highest BCUT2D eigenvalue weighted by atomic mass is 32.2. The van der Waals surface area contributed by atoms with Gasteiger partial charge in [-0.25, -0.2) is 0 Å². The number of rotatable bonds is 6. The molecule has 0 N–H and O–H groups in total. The van der Waals surface area contributed by atoms with Crippen molar-refractivity contribution in [2.75, 3.05) is 7.11 Å². The Morgan fingerprint density at radius 1 is 1.19 bits per heavy atom. The molecule has 1 aromatic carbocycles. The van der Waals surface area contributed by atoms with Crippen molar-refractivity contribution in [1.82, 2.24) is 19.9 Å². The molecular formula is C18H16N4O2S2. The van der Waals surface area contributed by atoms with Gasteiger partial charge < -0.3 is 13.8 Å². The second kappa shape index (κ2) is 7.35. The molecule has 0 aliphatic rings. The van der Waals surface area contributed by atoms with Gasteiger partial charge in [0.15, 0.2) is 16.7 Å². The molecule has 0 saturated heterocycles. The van der Waals surface area contributed by atoms with Crippen LogP contribution in [0.2, 0.25) is 0 Å². The van der Waals surface area contributed by atoms with E-state index in [-0.39, 0.29) is 0 Å². The van der Waals surface area contributed by atoms with Crippen molar-refractivity contribution in [3.63, 3.8) is 0 Å². The molecule has 4 aromatic rings. The van der Waals surface area contributed by atoms with Crippen molar-refractivity contribution < 1.29 is 9.26 Å². The van der Waals surface area contributed by atoms with Gasteiger partial charge in [-0.05, 0) is 35.7 Å². The molecule has 0 radical (unpaired) electrons. The normalized spacial score (nSPS) is 11.0. The van der Waals surface area contributed by atoms with Crippen LogP contribution in [0.3, 0.4) is 0 Å². The second-order valence-electron chi connectivity index (χ2n) is 5.54. The standard InChI is InChI=1S/C18H16N4O2S2/c1-22-17(12-5-7-14(23-2)8-6-12)19-20-18(22)26-11-13-10-15(24-21-13)16-4-3-9-25-16/h3-10H,11H2,1-2H3. The third-order valence-corrected chi connectivity index (χ3v) is 5.79. The summed E-state index contributed by atoms with van der Waals surface area (Å²) in [7, 11) is 3.61. The predicted octanol–water partition coefficient (Wildman–Crippen LogP) is 4.50. The number of hydrogen-bond acceptors (Lipinski definition) is 7. The first-order valence-electron chi connectivity index (χ1n) is 7.90. The van der Waals surface area contributed by atoms with E-state index in [1.54, 1.807) is 30.2 Å². The molecule has 0 atom stereocenters. The molecule has 132 valence electrons. The number of ether oxygens (including phenoxy) is 1. The maximum absolute atomic E-state index is 5.42. The van der Waals surface area contributed by atoms with E-state index in [0.717, 1.165) is 38.6 Å². The zero-order chi connectivity index (χ0) is 17.9. The van der Waals surface area contributed by atoms with Crippen LogP contribution in [0, 0.1) is 0 Å². The zero-order valence-electron chi connectivity index (χ0n) is 14.2. The zero-order valence-corrected chi connectivity index (χ0v) is 15.9. The van der Waals surface area contributed by atoms with Crippen LogP contribution in [0.5, 0.6) is 5.75 Å². The molecular weight excluding hydrogens is 368 g/mol. The lowest BCUT2D eigenvalue weighted by Gasteiger charge is -2.04. The van der Waals surface area contributed by atoms with Gasteiger partial charge >= 0.3 is 0 Å². The minimum absolute atomic E-state index is 0.670. The van der Waals surface area contributed by atoms with Crippen LogP contribution in [0.25, 0.3) is 22.0 Å².